The van der Waals surface area contributed by atoms with Crippen LogP contribution in [-0.2, 0) is 18.2 Å². The fourth-order valence-electron chi connectivity index (χ4n) is 1.65. The number of ether oxygens (including phenoxy) is 1. The average Bonchev–Trinajstić information content (AvgIpc) is 2.61. The molecular weight excluding hydrogens is 206 g/mol. The van der Waals surface area contributed by atoms with E-state index in [9.17, 15) is 5.11 Å². The molecular formula is C11H21N3O2. The molecule has 5 heteroatoms. The molecule has 0 amide bonds. The maximum atomic E-state index is 9.55. The number of aromatic nitrogens is 2. The van der Waals surface area contributed by atoms with Gasteiger partial charge in [-0.1, -0.05) is 0 Å². The minimum Gasteiger partial charge on any atom is -0.389 e. The summed E-state index contributed by atoms with van der Waals surface area (Å²) < 4.78 is 6.76. The average molecular weight is 227 g/mol. The van der Waals surface area contributed by atoms with Gasteiger partial charge in [0.2, 0.25) is 0 Å². The third-order valence-corrected chi connectivity index (χ3v) is 2.55. The second kappa shape index (κ2) is 6.62. The monoisotopic (exact) mass is 227 g/mol. The van der Waals surface area contributed by atoms with Crippen LogP contribution in [0.15, 0.2) is 12.3 Å². The Morgan fingerprint density at radius 2 is 2.38 bits per heavy atom. The van der Waals surface area contributed by atoms with Crippen molar-refractivity contribution in [2.75, 3.05) is 33.9 Å². The van der Waals surface area contributed by atoms with Crippen molar-refractivity contribution >= 4 is 0 Å². The molecule has 0 saturated carbocycles. The first-order valence-electron chi connectivity index (χ1n) is 5.46. The second-order valence-corrected chi connectivity index (χ2v) is 4.07. The van der Waals surface area contributed by atoms with Crippen LogP contribution in [0.5, 0.6) is 0 Å². The predicted octanol–water partition coefficient (Wildman–Crippen LogP) is -0.0983. The molecule has 1 heterocycles. The number of aryl methyl sites for hydroxylation is 1. The normalized spacial score (nSPS) is 13.3. The van der Waals surface area contributed by atoms with Gasteiger partial charge in [-0.2, -0.15) is 5.10 Å². The Morgan fingerprint density at radius 1 is 1.62 bits per heavy atom. The third kappa shape index (κ3) is 4.30. The molecule has 0 aromatic carbocycles. The molecule has 1 N–H and O–H groups in total. The quantitative estimate of drug-likeness (QED) is 0.707. The Labute approximate surface area is 96.6 Å². The Hall–Kier alpha value is -0.910. The minimum absolute atomic E-state index is 0.385. The van der Waals surface area contributed by atoms with Crippen LogP contribution in [0.25, 0.3) is 0 Å². The predicted molar refractivity (Wildman–Crippen MR) is 62.3 cm³/mol. The largest absolute Gasteiger partial charge is 0.389 e. The van der Waals surface area contributed by atoms with E-state index in [0.717, 1.165) is 13.0 Å². The zero-order chi connectivity index (χ0) is 12.0. The maximum Gasteiger partial charge on any atom is 0.0899 e. The van der Waals surface area contributed by atoms with Gasteiger partial charge in [-0.25, -0.2) is 0 Å². The number of methoxy groups -OCH3 is 1. The molecule has 16 heavy (non-hydrogen) atoms. The highest BCUT2D eigenvalue weighted by Gasteiger charge is 2.08. The summed E-state index contributed by atoms with van der Waals surface area (Å²) in [5.74, 6) is 0. The summed E-state index contributed by atoms with van der Waals surface area (Å²) in [6.45, 7) is 1.92. The van der Waals surface area contributed by atoms with Crippen molar-refractivity contribution < 1.29 is 9.84 Å². The highest BCUT2D eigenvalue weighted by atomic mass is 16.5. The van der Waals surface area contributed by atoms with Crippen molar-refractivity contribution in [2.24, 2.45) is 7.05 Å². The van der Waals surface area contributed by atoms with Crippen molar-refractivity contribution in [3.8, 4) is 0 Å². The van der Waals surface area contributed by atoms with E-state index >= 15 is 0 Å². The summed E-state index contributed by atoms with van der Waals surface area (Å²) >= 11 is 0. The molecule has 1 aromatic rings. The fourth-order valence-corrected chi connectivity index (χ4v) is 1.65. The van der Waals surface area contributed by atoms with Gasteiger partial charge in [0.15, 0.2) is 0 Å². The Morgan fingerprint density at radius 3 is 2.94 bits per heavy atom. The van der Waals surface area contributed by atoms with Gasteiger partial charge >= 0.3 is 0 Å². The molecule has 0 saturated heterocycles. The van der Waals surface area contributed by atoms with E-state index in [2.05, 4.69) is 10.00 Å². The van der Waals surface area contributed by atoms with Crippen molar-refractivity contribution in [2.45, 2.75) is 12.5 Å². The van der Waals surface area contributed by atoms with Gasteiger partial charge in [0, 0.05) is 45.6 Å². The van der Waals surface area contributed by atoms with Crippen LogP contribution in [0.4, 0.5) is 0 Å². The van der Waals surface area contributed by atoms with E-state index in [-0.39, 0.29) is 0 Å². The lowest BCUT2D eigenvalue weighted by Gasteiger charge is -2.19. The van der Waals surface area contributed by atoms with Gasteiger partial charge in [0.05, 0.1) is 12.7 Å². The topological polar surface area (TPSA) is 50.5 Å². The van der Waals surface area contributed by atoms with Crippen LogP contribution in [0.2, 0.25) is 0 Å². The van der Waals surface area contributed by atoms with Gasteiger partial charge in [-0.15, -0.1) is 0 Å². The lowest BCUT2D eigenvalue weighted by Crippen LogP contribution is -2.33. The first-order valence-corrected chi connectivity index (χ1v) is 5.46. The molecule has 0 bridgehead atoms. The van der Waals surface area contributed by atoms with Crippen molar-refractivity contribution in [3.05, 3.63) is 18.0 Å². The number of likely N-dealkylation sites (N-methyl/N-ethyl adjacent to an activating group) is 1. The van der Waals surface area contributed by atoms with Gasteiger partial charge in [-0.05, 0) is 13.1 Å². The van der Waals surface area contributed by atoms with E-state index in [0.29, 0.717) is 13.2 Å². The first-order chi connectivity index (χ1) is 7.63. The van der Waals surface area contributed by atoms with E-state index in [1.807, 2.05) is 24.8 Å². The van der Waals surface area contributed by atoms with Gasteiger partial charge < -0.3 is 14.7 Å². The molecule has 0 fully saturated rings. The summed E-state index contributed by atoms with van der Waals surface area (Å²) in [6, 6.07) is 2.01. The van der Waals surface area contributed by atoms with Crippen molar-refractivity contribution in [1.29, 1.82) is 0 Å². The lowest BCUT2D eigenvalue weighted by atomic mass is 10.2. The SMILES string of the molecule is COCC(O)CN(C)CCc1ccnn1C. The zero-order valence-corrected chi connectivity index (χ0v) is 10.3. The highest BCUT2D eigenvalue weighted by Crippen LogP contribution is 1.99. The Bertz CT molecular complexity index is 301. The van der Waals surface area contributed by atoms with E-state index in [1.165, 1.54) is 5.69 Å². The third-order valence-electron chi connectivity index (χ3n) is 2.55. The molecule has 1 unspecified atom stereocenters. The minimum atomic E-state index is -0.415. The standard InChI is InChI=1S/C11H21N3O2/c1-13(8-11(15)9-16-3)7-5-10-4-6-12-14(10)2/h4,6,11,15H,5,7-9H2,1-3H3. The maximum absolute atomic E-state index is 9.55. The molecule has 0 aliphatic carbocycles. The van der Waals surface area contributed by atoms with E-state index < -0.39 is 6.10 Å². The number of nitrogens with zero attached hydrogens (tertiary/aromatic N) is 3. The number of aliphatic hydroxyl groups is 1. The Kier molecular flexibility index (Phi) is 5.45. The van der Waals surface area contributed by atoms with Crippen LogP contribution in [0.3, 0.4) is 0 Å². The summed E-state index contributed by atoms with van der Waals surface area (Å²) in [6.07, 6.45) is 2.32. The Balaban J connectivity index is 2.25. The smallest absolute Gasteiger partial charge is 0.0899 e. The fraction of sp³-hybridized carbons (Fsp3) is 0.727. The van der Waals surface area contributed by atoms with Crippen LogP contribution in [-0.4, -0.2) is 59.7 Å². The van der Waals surface area contributed by atoms with Gasteiger partial charge in [0.25, 0.3) is 0 Å². The highest BCUT2D eigenvalue weighted by molar-refractivity contribution is 5.00. The number of hydrogen-bond acceptors (Lipinski definition) is 4. The zero-order valence-electron chi connectivity index (χ0n) is 10.3. The molecule has 1 aromatic heterocycles. The molecule has 0 aliphatic rings. The molecule has 0 aliphatic heterocycles. The van der Waals surface area contributed by atoms with Crippen LogP contribution in [0.1, 0.15) is 5.69 Å². The second-order valence-electron chi connectivity index (χ2n) is 4.07. The molecule has 1 rings (SSSR count). The number of aliphatic hydroxyl groups excluding tert-OH is 1. The van der Waals surface area contributed by atoms with Crippen LogP contribution in [0, 0.1) is 0 Å². The van der Waals surface area contributed by atoms with Crippen LogP contribution < -0.4 is 0 Å². The molecule has 92 valence electrons. The molecule has 1 atom stereocenters. The van der Waals surface area contributed by atoms with Crippen molar-refractivity contribution in [3.63, 3.8) is 0 Å². The summed E-state index contributed by atoms with van der Waals surface area (Å²) in [7, 11) is 5.53. The molecule has 0 radical (unpaired) electrons. The first kappa shape index (κ1) is 13.2. The number of rotatable bonds is 7. The lowest BCUT2D eigenvalue weighted by molar-refractivity contribution is 0.0434. The van der Waals surface area contributed by atoms with Gasteiger partial charge in [-0.3, -0.25) is 4.68 Å². The number of hydrogen-bond donors (Lipinski definition) is 1. The van der Waals surface area contributed by atoms with Crippen LogP contribution >= 0.6 is 0 Å². The van der Waals surface area contributed by atoms with E-state index in [1.54, 1.807) is 13.3 Å². The van der Waals surface area contributed by atoms with E-state index in [4.69, 9.17) is 4.74 Å². The summed E-state index contributed by atoms with van der Waals surface area (Å²) in [5.41, 5.74) is 1.20. The van der Waals surface area contributed by atoms with Gasteiger partial charge in [0.1, 0.15) is 0 Å². The van der Waals surface area contributed by atoms with Crippen molar-refractivity contribution in [1.82, 2.24) is 14.7 Å². The molecule has 5 nitrogen and oxygen atoms in total. The summed E-state index contributed by atoms with van der Waals surface area (Å²) in [5, 5.41) is 13.7. The molecule has 0 spiro atoms. The summed E-state index contributed by atoms with van der Waals surface area (Å²) in [4.78, 5) is 2.09.